The summed E-state index contributed by atoms with van der Waals surface area (Å²) in [5.74, 6) is 0. The number of nitrogens with zero attached hydrogens (tertiary/aromatic N) is 1. The third kappa shape index (κ3) is 1.01. The van der Waals surface area contributed by atoms with Crippen LogP contribution in [0, 0.1) is 0 Å². The Balaban J connectivity index is 2.40. The lowest BCUT2D eigenvalue weighted by atomic mass is 10.5. The molecule has 44 valence electrons. The highest BCUT2D eigenvalue weighted by molar-refractivity contribution is 5.00. The maximum Gasteiger partial charge on any atom is 0.150 e. The average Bonchev–Trinajstić information content (AvgIpc) is 1.90. The molecular formula is C5H7NO2. The lowest BCUT2D eigenvalue weighted by Gasteiger charge is -2.15. The van der Waals surface area contributed by atoms with Crippen LogP contribution in [0.3, 0.4) is 0 Å². The summed E-state index contributed by atoms with van der Waals surface area (Å²) in [6, 6.07) is 0. The van der Waals surface area contributed by atoms with Crippen LogP contribution in [0.2, 0.25) is 0 Å². The van der Waals surface area contributed by atoms with Gasteiger partial charge in [-0.3, -0.25) is 0 Å². The van der Waals surface area contributed by atoms with Gasteiger partial charge in [-0.05, 0) is 12.2 Å². The first-order valence-electron chi connectivity index (χ1n) is 2.31. The highest BCUT2D eigenvalue weighted by atomic mass is 16.7. The van der Waals surface area contributed by atoms with E-state index in [0.29, 0.717) is 0 Å². The standard InChI is InChI=1S/C5H7NO2/c7-5-6-3-1-2-4-8-6/h1-4,7H,5H2. The maximum absolute atomic E-state index is 8.41. The van der Waals surface area contributed by atoms with E-state index in [2.05, 4.69) is 0 Å². The van der Waals surface area contributed by atoms with Crippen LogP contribution in [0.4, 0.5) is 0 Å². The first-order chi connectivity index (χ1) is 3.93. The van der Waals surface area contributed by atoms with E-state index in [-0.39, 0.29) is 6.73 Å². The molecule has 3 nitrogen and oxygen atoms in total. The number of allylic oxidation sites excluding steroid dienone is 2. The topological polar surface area (TPSA) is 32.7 Å². The van der Waals surface area contributed by atoms with Gasteiger partial charge in [-0.25, -0.2) is 0 Å². The Morgan fingerprint density at radius 3 is 2.75 bits per heavy atom. The first kappa shape index (κ1) is 5.18. The minimum atomic E-state index is -0.110. The molecule has 0 fully saturated rings. The monoisotopic (exact) mass is 113 g/mol. The number of rotatable bonds is 1. The second-order valence-corrected chi connectivity index (χ2v) is 1.33. The molecule has 0 spiro atoms. The van der Waals surface area contributed by atoms with E-state index in [0.717, 1.165) is 0 Å². The summed E-state index contributed by atoms with van der Waals surface area (Å²) >= 11 is 0. The van der Waals surface area contributed by atoms with Crippen LogP contribution in [-0.2, 0) is 4.84 Å². The quantitative estimate of drug-likeness (QED) is 0.527. The molecule has 1 rings (SSSR count). The molecule has 0 saturated heterocycles. The maximum atomic E-state index is 8.41. The zero-order valence-electron chi connectivity index (χ0n) is 4.32. The number of aliphatic hydroxyl groups excluding tert-OH is 1. The van der Waals surface area contributed by atoms with Crippen LogP contribution in [-0.4, -0.2) is 16.9 Å². The van der Waals surface area contributed by atoms with Crippen molar-refractivity contribution < 1.29 is 9.94 Å². The second kappa shape index (κ2) is 2.37. The van der Waals surface area contributed by atoms with Crippen molar-refractivity contribution in [2.75, 3.05) is 6.73 Å². The number of hydrogen-bond acceptors (Lipinski definition) is 3. The fourth-order valence-corrected chi connectivity index (χ4v) is 0.420. The Hall–Kier alpha value is -0.960. The Labute approximate surface area is 47.4 Å². The third-order valence-corrected chi connectivity index (χ3v) is 0.778. The molecule has 0 aromatic heterocycles. The minimum Gasteiger partial charge on any atom is -0.386 e. The minimum absolute atomic E-state index is 0.110. The summed E-state index contributed by atoms with van der Waals surface area (Å²) in [6.07, 6.45) is 6.65. The molecule has 1 N–H and O–H groups in total. The Morgan fingerprint density at radius 2 is 2.38 bits per heavy atom. The van der Waals surface area contributed by atoms with Crippen molar-refractivity contribution in [2.45, 2.75) is 0 Å². The van der Waals surface area contributed by atoms with Crippen LogP contribution in [0.1, 0.15) is 0 Å². The molecule has 0 atom stereocenters. The molecule has 0 aliphatic carbocycles. The summed E-state index contributed by atoms with van der Waals surface area (Å²) in [5.41, 5.74) is 0. The molecule has 1 aliphatic rings. The SMILES string of the molecule is OCN1C=CC=CO1. The third-order valence-electron chi connectivity index (χ3n) is 0.778. The summed E-state index contributed by atoms with van der Waals surface area (Å²) < 4.78 is 0. The Morgan fingerprint density at radius 1 is 1.50 bits per heavy atom. The van der Waals surface area contributed by atoms with Gasteiger partial charge in [0, 0.05) is 6.20 Å². The molecule has 0 saturated carbocycles. The van der Waals surface area contributed by atoms with E-state index in [1.807, 2.05) is 0 Å². The van der Waals surface area contributed by atoms with Crippen molar-refractivity contribution in [1.29, 1.82) is 0 Å². The van der Waals surface area contributed by atoms with Gasteiger partial charge < -0.3 is 9.94 Å². The molecule has 0 aromatic rings. The van der Waals surface area contributed by atoms with Gasteiger partial charge >= 0.3 is 0 Å². The highest BCUT2D eigenvalue weighted by Crippen LogP contribution is 1.96. The van der Waals surface area contributed by atoms with Crippen molar-refractivity contribution >= 4 is 0 Å². The second-order valence-electron chi connectivity index (χ2n) is 1.33. The summed E-state index contributed by atoms with van der Waals surface area (Å²) in [7, 11) is 0. The van der Waals surface area contributed by atoms with Crippen LogP contribution < -0.4 is 0 Å². The van der Waals surface area contributed by atoms with Gasteiger partial charge in [0.25, 0.3) is 0 Å². The first-order valence-corrected chi connectivity index (χ1v) is 2.31. The van der Waals surface area contributed by atoms with E-state index in [9.17, 15) is 0 Å². The van der Waals surface area contributed by atoms with Crippen LogP contribution in [0.25, 0.3) is 0 Å². The van der Waals surface area contributed by atoms with E-state index in [4.69, 9.17) is 9.94 Å². The molecule has 0 unspecified atom stereocenters. The number of hydroxylamine groups is 2. The largest absolute Gasteiger partial charge is 0.386 e. The molecule has 0 aromatic carbocycles. The highest BCUT2D eigenvalue weighted by Gasteiger charge is 1.93. The molecule has 3 heteroatoms. The molecule has 0 amide bonds. The Bertz CT molecular complexity index is 120. The van der Waals surface area contributed by atoms with Crippen molar-refractivity contribution in [1.82, 2.24) is 5.06 Å². The fraction of sp³-hybridized carbons (Fsp3) is 0.200. The van der Waals surface area contributed by atoms with E-state index in [1.165, 1.54) is 11.3 Å². The summed E-state index contributed by atoms with van der Waals surface area (Å²) in [4.78, 5) is 4.74. The summed E-state index contributed by atoms with van der Waals surface area (Å²) in [5, 5.41) is 9.71. The molecule has 0 radical (unpaired) electrons. The van der Waals surface area contributed by atoms with E-state index in [1.54, 1.807) is 18.4 Å². The predicted molar refractivity (Wildman–Crippen MR) is 28.3 cm³/mol. The zero-order chi connectivity index (χ0) is 5.82. The van der Waals surface area contributed by atoms with Gasteiger partial charge in [0.05, 0.1) is 0 Å². The Kier molecular flexibility index (Phi) is 1.54. The van der Waals surface area contributed by atoms with Crippen molar-refractivity contribution in [3.8, 4) is 0 Å². The smallest absolute Gasteiger partial charge is 0.150 e. The van der Waals surface area contributed by atoms with Crippen molar-refractivity contribution in [3.05, 3.63) is 24.6 Å². The van der Waals surface area contributed by atoms with Gasteiger partial charge in [0.1, 0.15) is 13.0 Å². The lowest BCUT2D eigenvalue weighted by Crippen LogP contribution is -2.16. The predicted octanol–water partition coefficient (Wildman–Crippen LogP) is 0.211. The zero-order valence-corrected chi connectivity index (χ0v) is 4.32. The summed E-state index contributed by atoms with van der Waals surface area (Å²) in [6.45, 7) is -0.110. The van der Waals surface area contributed by atoms with Gasteiger partial charge in [-0.15, -0.1) is 0 Å². The molecular weight excluding hydrogens is 106 g/mol. The molecule has 0 bridgehead atoms. The van der Waals surface area contributed by atoms with Crippen LogP contribution in [0.15, 0.2) is 24.6 Å². The normalized spacial score (nSPS) is 16.4. The van der Waals surface area contributed by atoms with Gasteiger partial charge in [0.15, 0.2) is 0 Å². The fourth-order valence-electron chi connectivity index (χ4n) is 0.420. The lowest BCUT2D eigenvalue weighted by molar-refractivity contribution is -0.111. The molecule has 8 heavy (non-hydrogen) atoms. The van der Waals surface area contributed by atoms with Crippen LogP contribution in [0.5, 0.6) is 0 Å². The molecule has 1 heterocycles. The van der Waals surface area contributed by atoms with Gasteiger partial charge in [0.2, 0.25) is 0 Å². The van der Waals surface area contributed by atoms with E-state index >= 15 is 0 Å². The number of aliphatic hydroxyl groups is 1. The molecule has 1 aliphatic heterocycles. The van der Waals surface area contributed by atoms with E-state index < -0.39 is 0 Å². The van der Waals surface area contributed by atoms with Gasteiger partial charge in [-0.1, -0.05) is 0 Å². The van der Waals surface area contributed by atoms with Crippen molar-refractivity contribution in [3.63, 3.8) is 0 Å². The van der Waals surface area contributed by atoms with Gasteiger partial charge in [-0.2, -0.15) is 5.06 Å². The number of hydrogen-bond donors (Lipinski definition) is 1. The van der Waals surface area contributed by atoms with Crippen molar-refractivity contribution in [2.24, 2.45) is 0 Å². The van der Waals surface area contributed by atoms with Crippen LogP contribution >= 0.6 is 0 Å². The average molecular weight is 113 g/mol.